The molecule has 0 atom stereocenters. The summed E-state index contributed by atoms with van der Waals surface area (Å²) < 4.78 is 0. The number of nitro benzene ring substituents is 1. The lowest BCUT2D eigenvalue weighted by atomic mass is 10.1. The molecule has 1 fully saturated rings. The van der Waals surface area contributed by atoms with Crippen LogP contribution in [0.15, 0.2) is 18.2 Å². The van der Waals surface area contributed by atoms with Gasteiger partial charge in [-0.25, -0.2) is 0 Å². The van der Waals surface area contributed by atoms with Gasteiger partial charge in [0, 0.05) is 50.9 Å². The highest BCUT2D eigenvalue weighted by Crippen LogP contribution is 2.25. The summed E-state index contributed by atoms with van der Waals surface area (Å²) in [6.45, 7) is 4.36. The van der Waals surface area contributed by atoms with Crippen LogP contribution < -0.4 is 4.90 Å². The third kappa shape index (κ3) is 3.50. The van der Waals surface area contributed by atoms with E-state index < -0.39 is 4.92 Å². The number of hydrogen-bond acceptors (Lipinski definition) is 5. The van der Waals surface area contributed by atoms with Crippen LogP contribution in [-0.2, 0) is 0 Å². The molecule has 1 heterocycles. The van der Waals surface area contributed by atoms with Crippen LogP contribution in [0.4, 0.5) is 11.4 Å². The Hall–Kier alpha value is -2.57. The molecule has 0 N–H and O–H groups in total. The quantitative estimate of drug-likeness (QED) is 0.477. The maximum Gasteiger partial charge on any atom is 0.287 e. The van der Waals surface area contributed by atoms with E-state index in [2.05, 4.69) is 15.7 Å². The Bertz CT molecular complexity index is 607. The van der Waals surface area contributed by atoms with Crippen LogP contribution in [0.1, 0.15) is 12.0 Å². The first kappa shape index (κ1) is 14.8. The summed E-state index contributed by atoms with van der Waals surface area (Å²) in [6, 6.07) is 6.59. The molecular formula is C15H16N4O2. The number of benzene rings is 1. The number of piperazine rings is 1. The van der Waals surface area contributed by atoms with E-state index in [1.807, 2.05) is 6.07 Å². The van der Waals surface area contributed by atoms with E-state index in [9.17, 15) is 10.1 Å². The second-order valence-corrected chi connectivity index (χ2v) is 4.85. The van der Waals surface area contributed by atoms with Crippen LogP contribution >= 0.6 is 0 Å². The summed E-state index contributed by atoms with van der Waals surface area (Å²) >= 11 is 0. The van der Waals surface area contributed by atoms with Crippen molar-refractivity contribution in [2.24, 2.45) is 0 Å². The molecule has 0 aliphatic carbocycles. The minimum atomic E-state index is -0.528. The third-order valence-corrected chi connectivity index (χ3v) is 3.61. The monoisotopic (exact) mass is 284 g/mol. The lowest BCUT2D eigenvalue weighted by Crippen LogP contribution is -2.46. The molecule has 1 aliphatic heterocycles. The van der Waals surface area contributed by atoms with Crippen LogP contribution in [0.3, 0.4) is 0 Å². The van der Waals surface area contributed by atoms with Crippen LogP contribution in [0.25, 0.3) is 0 Å². The molecule has 0 spiro atoms. The van der Waals surface area contributed by atoms with Crippen molar-refractivity contribution in [1.82, 2.24) is 4.90 Å². The maximum atomic E-state index is 10.8. The van der Waals surface area contributed by atoms with E-state index in [-0.39, 0.29) is 11.3 Å². The van der Waals surface area contributed by atoms with E-state index in [0.717, 1.165) is 44.8 Å². The zero-order chi connectivity index (χ0) is 15.2. The number of nitro groups is 1. The normalized spacial score (nSPS) is 15.2. The molecule has 2 rings (SSSR count). The first-order valence-corrected chi connectivity index (χ1v) is 6.75. The summed E-state index contributed by atoms with van der Waals surface area (Å²) in [5.74, 6) is 2.63. The molecule has 0 amide bonds. The Morgan fingerprint density at radius 1 is 1.33 bits per heavy atom. The van der Waals surface area contributed by atoms with Crippen molar-refractivity contribution in [3.63, 3.8) is 0 Å². The second-order valence-electron chi connectivity index (χ2n) is 4.85. The molecule has 1 aromatic carbocycles. The average molecular weight is 284 g/mol. The molecule has 1 saturated heterocycles. The molecule has 6 heteroatoms. The number of rotatable bonds is 4. The van der Waals surface area contributed by atoms with E-state index >= 15 is 0 Å². The molecule has 0 radical (unpaired) electrons. The minimum absolute atomic E-state index is 0.104. The molecule has 108 valence electrons. The Kier molecular flexibility index (Phi) is 4.76. The predicted molar refractivity (Wildman–Crippen MR) is 79.9 cm³/mol. The largest absolute Gasteiger partial charge is 0.369 e. The van der Waals surface area contributed by atoms with Gasteiger partial charge in [0.15, 0.2) is 0 Å². The Labute approximate surface area is 123 Å². The van der Waals surface area contributed by atoms with Gasteiger partial charge < -0.3 is 4.90 Å². The van der Waals surface area contributed by atoms with Gasteiger partial charge in [0.2, 0.25) is 0 Å². The van der Waals surface area contributed by atoms with Gasteiger partial charge >= 0.3 is 0 Å². The van der Waals surface area contributed by atoms with Gasteiger partial charge in [-0.2, -0.15) is 5.26 Å². The van der Waals surface area contributed by atoms with Crippen molar-refractivity contribution in [3.8, 4) is 18.4 Å². The molecule has 21 heavy (non-hydrogen) atoms. The van der Waals surface area contributed by atoms with Gasteiger partial charge in [-0.1, -0.05) is 0 Å². The van der Waals surface area contributed by atoms with Crippen LogP contribution in [0.5, 0.6) is 0 Å². The first-order valence-electron chi connectivity index (χ1n) is 6.75. The van der Waals surface area contributed by atoms with Gasteiger partial charge in [-0.05, 0) is 12.1 Å². The van der Waals surface area contributed by atoms with Crippen molar-refractivity contribution in [3.05, 3.63) is 33.9 Å². The maximum absolute atomic E-state index is 10.8. The molecule has 6 nitrogen and oxygen atoms in total. The third-order valence-electron chi connectivity index (χ3n) is 3.61. The average Bonchev–Trinajstić information content (AvgIpc) is 2.52. The van der Waals surface area contributed by atoms with Crippen molar-refractivity contribution < 1.29 is 4.92 Å². The predicted octanol–water partition coefficient (Wildman–Crippen LogP) is 1.61. The van der Waals surface area contributed by atoms with Crippen molar-refractivity contribution in [1.29, 1.82) is 5.26 Å². The fourth-order valence-electron chi connectivity index (χ4n) is 2.42. The van der Waals surface area contributed by atoms with Crippen LogP contribution in [0, 0.1) is 33.8 Å². The van der Waals surface area contributed by atoms with Crippen molar-refractivity contribution >= 4 is 11.4 Å². The Morgan fingerprint density at radius 3 is 2.62 bits per heavy atom. The Balaban J connectivity index is 2.06. The number of anilines is 1. The zero-order valence-corrected chi connectivity index (χ0v) is 11.7. The van der Waals surface area contributed by atoms with Gasteiger partial charge in [-0.3, -0.25) is 15.0 Å². The SMILES string of the molecule is C#CCCN1CCN(c2ccc([N+](=O)[O-])c(C#N)c2)CC1. The van der Waals surface area contributed by atoms with E-state index in [1.54, 1.807) is 12.1 Å². The van der Waals surface area contributed by atoms with Gasteiger partial charge in [0.25, 0.3) is 5.69 Å². The highest BCUT2D eigenvalue weighted by Gasteiger charge is 2.20. The second kappa shape index (κ2) is 6.74. The molecule has 0 saturated carbocycles. The lowest BCUT2D eigenvalue weighted by molar-refractivity contribution is -0.385. The highest BCUT2D eigenvalue weighted by molar-refractivity contribution is 5.60. The summed E-state index contributed by atoms with van der Waals surface area (Å²) in [4.78, 5) is 14.7. The van der Waals surface area contributed by atoms with Gasteiger partial charge in [0.05, 0.1) is 4.92 Å². The van der Waals surface area contributed by atoms with E-state index in [1.165, 1.54) is 6.07 Å². The molecule has 0 unspecified atom stereocenters. The molecule has 0 bridgehead atoms. The summed E-state index contributed by atoms with van der Waals surface area (Å²) in [7, 11) is 0. The van der Waals surface area contributed by atoms with Gasteiger partial charge in [0.1, 0.15) is 11.6 Å². The Morgan fingerprint density at radius 2 is 2.05 bits per heavy atom. The highest BCUT2D eigenvalue weighted by atomic mass is 16.6. The summed E-state index contributed by atoms with van der Waals surface area (Å²) in [5, 5.41) is 19.9. The first-order chi connectivity index (χ1) is 10.2. The molecule has 1 aromatic rings. The molecule has 0 aromatic heterocycles. The smallest absolute Gasteiger partial charge is 0.287 e. The lowest BCUT2D eigenvalue weighted by Gasteiger charge is -2.35. The summed E-state index contributed by atoms with van der Waals surface area (Å²) in [5.41, 5.74) is 0.815. The van der Waals surface area contributed by atoms with Crippen molar-refractivity contribution in [2.45, 2.75) is 6.42 Å². The minimum Gasteiger partial charge on any atom is -0.369 e. The molecular weight excluding hydrogens is 268 g/mol. The van der Waals surface area contributed by atoms with Crippen LogP contribution in [0.2, 0.25) is 0 Å². The zero-order valence-electron chi connectivity index (χ0n) is 11.7. The number of nitrogens with zero attached hydrogens (tertiary/aromatic N) is 4. The van der Waals surface area contributed by atoms with Crippen molar-refractivity contribution in [2.75, 3.05) is 37.6 Å². The summed E-state index contributed by atoms with van der Waals surface area (Å²) in [6.07, 6.45) is 6.01. The number of hydrogen-bond donors (Lipinski definition) is 0. The number of nitriles is 1. The standard InChI is InChI=1S/C15H16N4O2/c1-2-3-6-17-7-9-18(10-8-17)14-4-5-15(19(20)21)13(11-14)12-16/h1,4-5,11H,3,6-10H2. The van der Waals surface area contributed by atoms with E-state index in [4.69, 9.17) is 11.7 Å². The van der Waals surface area contributed by atoms with E-state index in [0.29, 0.717) is 0 Å². The fourth-order valence-corrected chi connectivity index (χ4v) is 2.42. The number of terminal acetylenes is 1. The van der Waals surface area contributed by atoms with Crippen LogP contribution in [-0.4, -0.2) is 42.5 Å². The topological polar surface area (TPSA) is 73.4 Å². The fraction of sp³-hybridized carbons (Fsp3) is 0.400. The molecule has 1 aliphatic rings. The van der Waals surface area contributed by atoms with Gasteiger partial charge in [-0.15, -0.1) is 12.3 Å².